The van der Waals surface area contributed by atoms with E-state index in [1.54, 1.807) is 24.3 Å². The predicted octanol–water partition coefficient (Wildman–Crippen LogP) is 0.514. The molecule has 1 aromatic rings. The second-order valence-corrected chi connectivity index (χ2v) is 2.24. The van der Waals surface area contributed by atoms with E-state index in [0.29, 0.717) is 11.3 Å². The Labute approximate surface area is 75.3 Å². The highest BCUT2D eigenvalue weighted by Crippen LogP contribution is 2.18. The fourth-order valence-electron chi connectivity index (χ4n) is 0.812. The maximum absolute atomic E-state index is 11.0. The second kappa shape index (κ2) is 3.99. The monoisotopic (exact) mass is 184 g/mol. The predicted molar refractivity (Wildman–Crippen MR) is 47.7 cm³/mol. The maximum atomic E-state index is 11.0. The molecule has 5 heteroatoms. The van der Waals surface area contributed by atoms with Crippen LogP contribution in [0.25, 0.3) is 0 Å². The van der Waals surface area contributed by atoms with Crippen LogP contribution >= 0.6 is 12.9 Å². The number of nitrogen functional groups attached to an aromatic ring is 1. The first-order valence-electron chi connectivity index (χ1n) is 3.21. The molecule has 0 radical (unpaired) electrons. The van der Waals surface area contributed by atoms with Crippen molar-refractivity contribution in [2.24, 2.45) is 5.84 Å². The van der Waals surface area contributed by atoms with Crippen molar-refractivity contribution >= 4 is 18.8 Å². The van der Waals surface area contributed by atoms with Gasteiger partial charge in [0.15, 0.2) is 0 Å². The highest BCUT2D eigenvalue weighted by molar-refractivity contribution is 7.75. The molecule has 0 unspecified atom stereocenters. The van der Waals surface area contributed by atoms with Crippen molar-refractivity contribution < 1.29 is 8.98 Å². The summed E-state index contributed by atoms with van der Waals surface area (Å²) < 4.78 is 4.65. The average Bonchev–Trinajstić information content (AvgIpc) is 2.16. The van der Waals surface area contributed by atoms with Gasteiger partial charge in [-0.05, 0) is 12.1 Å². The van der Waals surface area contributed by atoms with Crippen LogP contribution in [0.15, 0.2) is 24.3 Å². The molecule has 0 aliphatic carbocycles. The molecule has 0 aliphatic heterocycles. The molecule has 0 aliphatic rings. The first-order valence-corrected chi connectivity index (χ1v) is 3.57. The van der Waals surface area contributed by atoms with Gasteiger partial charge in [-0.2, -0.15) is 0 Å². The fourth-order valence-corrected chi connectivity index (χ4v) is 0.971. The molecule has 1 aromatic carbocycles. The Morgan fingerprint density at radius 2 is 2.17 bits per heavy atom. The van der Waals surface area contributed by atoms with E-state index in [1.807, 2.05) is 5.43 Å². The lowest BCUT2D eigenvalue weighted by Gasteiger charge is -2.03. The van der Waals surface area contributed by atoms with Gasteiger partial charge in [0.25, 0.3) is 5.91 Å². The van der Waals surface area contributed by atoms with E-state index in [4.69, 9.17) is 5.84 Å². The lowest BCUT2D eigenvalue weighted by atomic mass is 10.2. The van der Waals surface area contributed by atoms with Crippen LogP contribution in [0.2, 0.25) is 0 Å². The topological polar surface area (TPSA) is 64.3 Å². The second-order valence-electron chi connectivity index (χ2n) is 2.06. The Morgan fingerprint density at radius 1 is 1.50 bits per heavy atom. The summed E-state index contributed by atoms with van der Waals surface area (Å²) in [5.41, 5.74) is 2.36. The number of thiol groups is 1. The Balaban J connectivity index is 3.04. The minimum atomic E-state index is -0.403. The van der Waals surface area contributed by atoms with Gasteiger partial charge in [-0.25, -0.2) is 5.84 Å². The summed E-state index contributed by atoms with van der Waals surface area (Å²) in [5, 5.41) is 0. The number of amides is 1. The van der Waals surface area contributed by atoms with Crippen molar-refractivity contribution in [2.45, 2.75) is 0 Å². The number of hydrazine groups is 1. The van der Waals surface area contributed by atoms with Crippen LogP contribution in [0.3, 0.4) is 0 Å². The van der Waals surface area contributed by atoms with Crippen LogP contribution in [-0.4, -0.2) is 5.91 Å². The third-order valence-corrected chi connectivity index (χ3v) is 1.56. The zero-order chi connectivity index (χ0) is 8.97. The summed E-state index contributed by atoms with van der Waals surface area (Å²) >= 11 is 3.59. The SMILES string of the molecule is NNC(=O)c1ccccc1OS. The lowest BCUT2D eigenvalue weighted by Crippen LogP contribution is -2.30. The molecule has 1 amide bonds. The third kappa shape index (κ3) is 1.69. The average molecular weight is 184 g/mol. The standard InChI is InChI=1S/C7H8N2O2S/c8-9-7(10)5-3-1-2-4-6(5)11-12/h1-4,12H,8H2,(H,9,10). The van der Waals surface area contributed by atoms with Crippen molar-refractivity contribution in [1.29, 1.82) is 0 Å². The van der Waals surface area contributed by atoms with Gasteiger partial charge < -0.3 is 4.18 Å². The van der Waals surface area contributed by atoms with Gasteiger partial charge in [-0.3, -0.25) is 10.2 Å². The van der Waals surface area contributed by atoms with Crippen molar-refractivity contribution in [1.82, 2.24) is 5.43 Å². The summed E-state index contributed by atoms with van der Waals surface area (Å²) in [4.78, 5) is 11.0. The molecule has 0 fully saturated rings. The van der Waals surface area contributed by atoms with Crippen LogP contribution in [0.5, 0.6) is 5.75 Å². The molecule has 64 valence electrons. The summed E-state index contributed by atoms with van der Waals surface area (Å²) in [7, 11) is 0. The van der Waals surface area contributed by atoms with Crippen LogP contribution in [0, 0.1) is 0 Å². The molecule has 0 spiro atoms. The number of hydrogen-bond donors (Lipinski definition) is 3. The molecular formula is C7H8N2O2S. The number of nitrogens with one attached hydrogen (secondary N) is 1. The van der Waals surface area contributed by atoms with Crippen LogP contribution in [0.1, 0.15) is 10.4 Å². The van der Waals surface area contributed by atoms with Gasteiger partial charge in [0.05, 0.1) is 5.56 Å². The van der Waals surface area contributed by atoms with E-state index in [9.17, 15) is 4.79 Å². The number of nitrogens with two attached hydrogens (primary N) is 1. The number of rotatable bonds is 2. The van der Waals surface area contributed by atoms with Crippen molar-refractivity contribution in [3.05, 3.63) is 29.8 Å². The van der Waals surface area contributed by atoms with Crippen LogP contribution in [-0.2, 0) is 0 Å². The zero-order valence-corrected chi connectivity index (χ0v) is 7.04. The Hall–Kier alpha value is -1.20. The van der Waals surface area contributed by atoms with E-state index in [0.717, 1.165) is 0 Å². The molecule has 0 heterocycles. The minimum Gasteiger partial charge on any atom is -0.428 e. The third-order valence-electron chi connectivity index (χ3n) is 1.36. The van der Waals surface area contributed by atoms with Gasteiger partial charge in [0.2, 0.25) is 0 Å². The first-order chi connectivity index (χ1) is 5.79. The highest BCUT2D eigenvalue weighted by Gasteiger charge is 2.08. The van der Waals surface area contributed by atoms with Gasteiger partial charge in [-0.15, -0.1) is 0 Å². The molecule has 4 nitrogen and oxygen atoms in total. The number of carbonyl (C=O) groups excluding carboxylic acids is 1. The Morgan fingerprint density at radius 3 is 2.75 bits per heavy atom. The fraction of sp³-hybridized carbons (Fsp3) is 0. The quantitative estimate of drug-likeness (QED) is 0.206. The molecule has 0 saturated carbocycles. The summed E-state index contributed by atoms with van der Waals surface area (Å²) in [5.74, 6) is 4.92. The minimum absolute atomic E-state index is 0.356. The van der Waals surface area contributed by atoms with Gasteiger partial charge in [0.1, 0.15) is 5.75 Å². The van der Waals surface area contributed by atoms with E-state index < -0.39 is 5.91 Å². The van der Waals surface area contributed by atoms with Gasteiger partial charge in [-0.1, -0.05) is 12.1 Å². The van der Waals surface area contributed by atoms with Crippen molar-refractivity contribution in [3.8, 4) is 5.75 Å². The zero-order valence-electron chi connectivity index (χ0n) is 6.15. The number of para-hydroxylation sites is 1. The first kappa shape index (κ1) is 8.89. The maximum Gasteiger partial charge on any atom is 0.268 e. The van der Waals surface area contributed by atoms with Gasteiger partial charge in [0, 0.05) is 12.9 Å². The molecule has 0 saturated heterocycles. The number of benzene rings is 1. The summed E-state index contributed by atoms with van der Waals surface area (Å²) in [6.07, 6.45) is 0. The molecule has 0 aromatic heterocycles. The van der Waals surface area contributed by atoms with E-state index in [1.165, 1.54) is 0 Å². The van der Waals surface area contributed by atoms with Crippen LogP contribution in [0.4, 0.5) is 0 Å². The molecule has 1 rings (SSSR count). The van der Waals surface area contributed by atoms with E-state index in [-0.39, 0.29) is 0 Å². The Bertz CT molecular complexity index is 290. The van der Waals surface area contributed by atoms with E-state index >= 15 is 0 Å². The van der Waals surface area contributed by atoms with Crippen LogP contribution < -0.4 is 15.5 Å². The molecule has 0 atom stereocenters. The molecular weight excluding hydrogens is 176 g/mol. The van der Waals surface area contributed by atoms with Crippen molar-refractivity contribution in [3.63, 3.8) is 0 Å². The number of hydrogen-bond acceptors (Lipinski definition) is 4. The Kier molecular flexibility index (Phi) is 2.95. The summed E-state index contributed by atoms with van der Waals surface area (Å²) in [6.45, 7) is 0. The molecule has 12 heavy (non-hydrogen) atoms. The molecule has 3 N–H and O–H groups in total. The smallest absolute Gasteiger partial charge is 0.268 e. The lowest BCUT2D eigenvalue weighted by molar-refractivity contribution is 0.0952. The van der Waals surface area contributed by atoms with Crippen molar-refractivity contribution in [2.75, 3.05) is 0 Å². The largest absolute Gasteiger partial charge is 0.428 e. The number of carbonyl (C=O) groups is 1. The summed E-state index contributed by atoms with van der Waals surface area (Å²) in [6, 6.07) is 6.66. The normalized spacial score (nSPS) is 9.17. The molecule has 0 bridgehead atoms. The van der Waals surface area contributed by atoms with E-state index in [2.05, 4.69) is 17.1 Å². The highest BCUT2D eigenvalue weighted by atomic mass is 32.1. The van der Waals surface area contributed by atoms with Gasteiger partial charge >= 0.3 is 0 Å².